The molecule has 0 spiro atoms. The second-order valence-corrected chi connectivity index (χ2v) is 18.2. The summed E-state index contributed by atoms with van der Waals surface area (Å²) < 4.78 is 0. The molecule has 1 aliphatic rings. The van der Waals surface area contributed by atoms with Crippen molar-refractivity contribution in [3.8, 4) is 66.8 Å². The summed E-state index contributed by atoms with van der Waals surface area (Å²) in [6.45, 7) is 18.4. The van der Waals surface area contributed by atoms with E-state index in [0.29, 0.717) is 0 Å². The summed E-state index contributed by atoms with van der Waals surface area (Å²) in [5.41, 5.74) is 21.3. The van der Waals surface area contributed by atoms with Gasteiger partial charge in [0.2, 0.25) is 0 Å². The smallest absolute Gasteiger partial charge is 0.000719 e. The first-order valence-electron chi connectivity index (χ1n) is 21.1. The van der Waals surface area contributed by atoms with Gasteiger partial charge in [-0.25, -0.2) is 0 Å². The molecule has 7 aromatic rings. The van der Waals surface area contributed by atoms with Gasteiger partial charge in [0.05, 0.1) is 0 Å². The highest BCUT2D eigenvalue weighted by Crippen LogP contribution is 2.61. The number of benzene rings is 7. The molecular formula is C56H58. The van der Waals surface area contributed by atoms with Crippen molar-refractivity contribution in [2.45, 2.75) is 105 Å². The maximum atomic E-state index is 2.41. The highest BCUT2D eigenvalue weighted by atomic mass is 14.4. The van der Waals surface area contributed by atoms with Crippen LogP contribution < -0.4 is 0 Å². The Kier molecular flexibility index (Phi) is 10.1. The minimum atomic E-state index is 0.0627. The van der Waals surface area contributed by atoms with Crippen LogP contribution in [0.25, 0.3) is 77.5 Å². The Morgan fingerprint density at radius 2 is 0.679 bits per heavy atom. The molecular weight excluding hydrogens is 673 g/mol. The zero-order valence-electron chi connectivity index (χ0n) is 34.9. The Balaban J connectivity index is 1.55. The topological polar surface area (TPSA) is 0 Å². The van der Waals surface area contributed by atoms with E-state index in [9.17, 15) is 0 Å². The van der Waals surface area contributed by atoms with Crippen LogP contribution in [-0.2, 0) is 23.7 Å². The van der Waals surface area contributed by atoms with Crippen molar-refractivity contribution in [1.82, 2.24) is 0 Å². The fourth-order valence-electron chi connectivity index (χ4n) is 8.91. The molecule has 0 aliphatic heterocycles. The first kappa shape index (κ1) is 37.7. The largest absolute Gasteiger partial charge is 0.0654 e. The lowest BCUT2D eigenvalue weighted by Crippen LogP contribution is -2.10. The molecule has 0 N–H and O–H groups in total. The molecule has 0 unspecified atom stereocenters. The van der Waals surface area contributed by atoms with E-state index in [-0.39, 0.29) is 10.8 Å². The van der Waals surface area contributed by atoms with Gasteiger partial charge in [0, 0.05) is 0 Å². The molecule has 0 radical (unpaired) electrons. The summed E-state index contributed by atoms with van der Waals surface area (Å²) in [5, 5.41) is 2.65. The van der Waals surface area contributed by atoms with Crippen molar-refractivity contribution in [2.24, 2.45) is 0 Å². The first-order chi connectivity index (χ1) is 27.0. The lowest BCUT2D eigenvalue weighted by molar-refractivity contribution is 0.590. The summed E-state index contributed by atoms with van der Waals surface area (Å²) in [4.78, 5) is 0. The van der Waals surface area contributed by atoms with Gasteiger partial charge in [0.1, 0.15) is 0 Å². The van der Waals surface area contributed by atoms with E-state index in [1.807, 2.05) is 0 Å². The van der Waals surface area contributed by atoms with Crippen LogP contribution in [0.2, 0.25) is 0 Å². The van der Waals surface area contributed by atoms with E-state index in [2.05, 4.69) is 189 Å². The van der Waals surface area contributed by atoms with E-state index in [4.69, 9.17) is 0 Å². The number of unbranched alkanes of at least 4 members (excludes halogenated alkanes) is 2. The lowest BCUT2D eigenvalue weighted by atomic mass is 9.75. The van der Waals surface area contributed by atoms with Gasteiger partial charge in [0.25, 0.3) is 0 Å². The van der Waals surface area contributed by atoms with Crippen molar-refractivity contribution >= 4 is 10.8 Å². The van der Waals surface area contributed by atoms with E-state index in [1.165, 1.54) is 125 Å². The molecule has 0 fully saturated rings. The monoisotopic (exact) mass is 730 g/mol. The van der Waals surface area contributed by atoms with Gasteiger partial charge in [-0.2, -0.15) is 0 Å². The number of aryl methyl sites for hydroxylation is 2. The quantitative estimate of drug-likeness (QED) is 0.131. The lowest BCUT2D eigenvalue weighted by Gasteiger charge is -2.27. The number of hydrogen-bond donors (Lipinski definition) is 0. The molecule has 0 saturated carbocycles. The molecule has 1 aliphatic carbocycles. The Bertz CT molecular complexity index is 2320. The van der Waals surface area contributed by atoms with Gasteiger partial charge in [0.15, 0.2) is 0 Å². The van der Waals surface area contributed by atoms with Crippen molar-refractivity contribution in [1.29, 1.82) is 0 Å². The van der Waals surface area contributed by atoms with Gasteiger partial charge < -0.3 is 0 Å². The third kappa shape index (κ3) is 6.93. The predicted molar refractivity (Wildman–Crippen MR) is 245 cm³/mol. The predicted octanol–water partition coefficient (Wildman–Crippen LogP) is 16.4. The molecule has 8 rings (SSSR count). The number of rotatable bonds is 10. The average Bonchev–Trinajstić information content (AvgIpc) is 3.53. The zero-order valence-corrected chi connectivity index (χ0v) is 34.9. The first-order valence-corrected chi connectivity index (χ1v) is 21.1. The van der Waals surface area contributed by atoms with E-state index >= 15 is 0 Å². The van der Waals surface area contributed by atoms with E-state index in [0.717, 1.165) is 12.8 Å². The maximum Gasteiger partial charge on any atom is -0.000719 e. The second-order valence-electron chi connectivity index (χ2n) is 18.2. The minimum Gasteiger partial charge on any atom is -0.0654 e. The third-order valence-electron chi connectivity index (χ3n) is 12.1. The van der Waals surface area contributed by atoms with Crippen LogP contribution >= 0.6 is 0 Å². The van der Waals surface area contributed by atoms with Gasteiger partial charge in [-0.05, 0) is 136 Å². The van der Waals surface area contributed by atoms with Crippen molar-refractivity contribution in [3.05, 3.63) is 156 Å². The van der Waals surface area contributed by atoms with Crippen LogP contribution in [0.3, 0.4) is 0 Å². The van der Waals surface area contributed by atoms with Crippen molar-refractivity contribution in [2.75, 3.05) is 0 Å². The van der Waals surface area contributed by atoms with Gasteiger partial charge in [-0.1, -0.05) is 202 Å². The van der Waals surface area contributed by atoms with Gasteiger partial charge in [-0.15, -0.1) is 0 Å². The maximum absolute atomic E-state index is 2.41. The van der Waals surface area contributed by atoms with Crippen LogP contribution in [0.4, 0.5) is 0 Å². The van der Waals surface area contributed by atoms with Crippen LogP contribution in [-0.4, -0.2) is 0 Å². The average molecular weight is 731 g/mol. The third-order valence-corrected chi connectivity index (χ3v) is 12.1. The Hall–Kier alpha value is -5.20. The summed E-state index contributed by atoms with van der Waals surface area (Å²) in [6, 6.07) is 52.1. The van der Waals surface area contributed by atoms with Crippen LogP contribution in [0.1, 0.15) is 103 Å². The fraction of sp³-hybridized carbons (Fsp3) is 0.286. The van der Waals surface area contributed by atoms with Crippen molar-refractivity contribution < 1.29 is 0 Å². The molecule has 282 valence electrons. The van der Waals surface area contributed by atoms with E-state index in [1.54, 1.807) is 0 Å². The van der Waals surface area contributed by atoms with Gasteiger partial charge >= 0.3 is 0 Å². The second kappa shape index (κ2) is 15.0. The summed E-state index contributed by atoms with van der Waals surface area (Å²) in [7, 11) is 0. The molecule has 7 aromatic carbocycles. The zero-order chi connectivity index (χ0) is 39.2. The molecule has 0 heteroatoms. The molecule has 0 nitrogen and oxygen atoms in total. The highest BCUT2D eigenvalue weighted by Gasteiger charge is 2.34. The molecule has 0 amide bonds. The van der Waals surface area contributed by atoms with Crippen LogP contribution in [0.15, 0.2) is 133 Å². The number of fused-ring (bicyclic) bond motifs is 3. The standard InChI is InChI=1S/C56H58/c1-9-11-15-37-21-25-40(26-22-37)49-50(41-27-23-38(24-28-41)16-12-10-2)52(43-31-35-45(36-32-43)56(6,7)8)54-47-20-14-18-39-17-13-19-46(48(39)47)53(54)51(49)42-29-33-44(34-30-42)55(3,4)5/h13-14,17-36H,9-12,15-16H2,1-8H3. The summed E-state index contributed by atoms with van der Waals surface area (Å²) in [5.74, 6) is 0. The molecule has 56 heavy (non-hydrogen) atoms. The molecule has 0 aromatic heterocycles. The normalized spacial score (nSPS) is 12.4. The van der Waals surface area contributed by atoms with Crippen molar-refractivity contribution in [3.63, 3.8) is 0 Å². The Morgan fingerprint density at radius 1 is 0.357 bits per heavy atom. The van der Waals surface area contributed by atoms with E-state index < -0.39 is 0 Å². The SMILES string of the molecule is CCCCc1ccc(-c2c(-c3ccc(CCCC)cc3)c(-c3ccc(C(C)(C)C)cc3)c3c(c2-c2ccc(C(C)(C)C)cc2)-c2cccc4cccc-3c24)cc1. The number of hydrogen-bond acceptors (Lipinski definition) is 0. The van der Waals surface area contributed by atoms with Crippen LogP contribution in [0.5, 0.6) is 0 Å². The molecule has 0 heterocycles. The Morgan fingerprint density at radius 3 is 1.00 bits per heavy atom. The van der Waals surface area contributed by atoms with Gasteiger partial charge in [-0.3, -0.25) is 0 Å². The molecule has 0 saturated heterocycles. The summed E-state index contributed by atoms with van der Waals surface area (Å²) in [6.07, 6.45) is 7.02. The molecule has 0 atom stereocenters. The summed E-state index contributed by atoms with van der Waals surface area (Å²) >= 11 is 0. The van der Waals surface area contributed by atoms with Crippen LogP contribution in [0, 0.1) is 0 Å². The highest BCUT2D eigenvalue weighted by molar-refractivity contribution is 6.25. The molecule has 0 bridgehead atoms. The minimum absolute atomic E-state index is 0.0627. The Labute approximate surface area is 336 Å². The fourth-order valence-corrected chi connectivity index (χ4v) is 8.91.